The largest absolute Gasteiger partial charge is 0.355 e. The second-order valence-corrected chi connectivity index (χ2v) is 7.03. The van der Waals surface area contributed by atoms with Crippen LogP contribution in [0.3, 0.4) is 0 Å². The zero-order valence-electron chi connectivity index (χ0n) is 15.5. The van der Waals surface area contributed by atoms with E-state index in [2.05, 4.69) is 17.2 Å². The second-order valence-electron chi connectivity index (χ2n) is 7.03. The fraction of sp³-hybridized carbons (Fsp3) is 0.450. The fourth-order valence-electron chi connectivity index (χ4n) is 3.41. The lowest BCUT2D eigenvalue weighted by molar-refractivity contribution is -0.139. The SMILES string of the molecule is C=CC(=O)Nc1ccc(CC(=O)NCC2(C(=O)N(C)C)CCCC2)cc1. The van der Waals surface area contributed by atoms with Gasteiger partial charge in [0.2, 0.25) is 17.7 Å². The van der Waals surface area contributed by atoms with E-state index in [0.29, 0.717) is 12.2 Å². The fourth-order valence-corrected chi connectivity index (χ4v) is 3.41. The summed E-state index contributed by atoms with van der Waals surface area (Å²) in [5, 5.41) is 5.60. The topological polar surface area (TPSA) is 78.5 Å². The van der Waals surface area contributed by atoms with Gasteiger partial charge >= 0.3 is 0 Å². The number of hydrogen-bond acceptors (Lipinski definition) is 3. The highest BCUT2D eigenvalue weighted by Gasteiger charge is 2.42. The van der Waals surface area contributed by atoms with Crippen molar-refractivity contribution in [3.05, 3.63) is 42.5 Å². The molecule has 1 saturated carbocycles. The van der Waals surface area contributed by atoms with Crippen LogP contribution < -0.4 is 10.6 Å². The molecule has 1 aromatic carbocycles. The summed E-state index contributed by atoms with van der Waals surface area (Å²) < 4.78 is 0. The maximum absolute atomic E-state index is 12.5. The van der Waals surface area contributed by atoms with E-state index in [1.165, 1.54) is 6.08 Å². The van der Waals surface area contributed by atoms with Crippen LogP contribution in [0.15, 0.2) is 36.9 Å². The lowest BCUT2D eigenvalue weighted by atomic mass is 9.84. The van der Waals surface area contributed by atoms with E-state index in [1.54, 1.807) is 43.3 Å². The molecule has 6 nitrogen and oxygen atoms in total. The van der Waals surface area contributed by atoms with Crippen molar-refractivity contribution < 1.29 is 14.4 Å². The maximum atomic E-state index is 12.5. The number of hydrogen-bond donors (Lipinski definition) is 2. The molecule has 3 amide bonds. The minimum Gasteiger partial charge on any atom is -0.355 e. The van der Waals surface area contributed by atoms with Crippen LogP contribution >= 0.6 is 0 Å². The van der Waals surface area contributed by atoms with E-state index in [9.17, 15) is 14.4 Å². The molecule has 2 N–H and O–H groups in total. The van der Waals surface area contributed by atoms with Gasteiger partial charge in [0.25, 0.3) is 0 Å². The van der Waals surface area contributed by atoms with E-state index in [4.69, 9.17) is 0 Å². The first kappa shape index (κ1) is 19.7. The highest BCUT2D eigenvalue weighted by Crippen LogP contribution is 2.38. The van der Waals surface area contributed by atoms with Gasteiger partial charge in [0.15, 0.2) is 0 Å². The van der Waals surface area contributed by atoms with E-state index in [0.717, 1.165) is 31.2 Å². The molecular formula is C20H27N3O3. The van der Waals surface area contributed by atoms with Crippen molar-refractivity contribution in [2.24, 2.45) is 5.41 Å². The summed E-state index contributed by atoms with van der Waals surface area (Å²) >= 11 is 0. The Balaban J connectivity index is 1.90. The monoisotopic (exact) mass is 357 g/mol. The molecule has 6 heteroatoms. The Labute approximate surface area is 154 Å². The number of benzene rings is 1. The number of amides is 3. The number of nitrogens with one attached hydrogen (secondary N) is 2. The van der Waals surface area contributed by atoms with Crippen LogP contribution in [0.2, 0.25) is 0 Å². The molecule has 0 aliphatic heterocycles. The molecule has 1 fully saturated rings. The number of carbonyl (C=O) groups is 3. The summed E-state index contributed by atoms with van der Waals surface area (Å²) in [5.41, 5.74) is 1.04. The third kappa shape index (κ3) is 4.94. The van der Waals surface area contributed by atoms with Crippen molar-refractivity contribution in [3.63, 3.8) is 0 Å². The molecule has 0 saturated heterocycles. The number of rotatable bonds is 7. The van der Waals surface area contributed by atoms with Crippen molar-refractivity contribution in [1.82, 2.24) is 10.2 Å². The molecule has 26 heavy (non-hydrogen) atoms. The minimum absolute atomic E-state index is 0.0950. The normalized spacial score (nSPS) is 15.2. The number of anilines is 1. The third-order valence-electron chi connectivity index (χ3n) is 4.82. The van der Waals surface area contributed by atoms with Gasteiger partial charge < -0.3 is 15.5 Å². The van der Waals surface area contributed by atoms with Crippen molar-refractivity contribution in [1.29, 1.82) is 0 Å². The third-order valence-corrected chi connectivity index (χ3v) is 4.82. The molecule has 0 atom stereocenters. The van der Waals surface area contributed by atoms with Gasteiger partial charge in [-0.2, -0.15) is 0 Å². The summed E-state index contributed by atoms with van der Waals surface area (Å²) in [5.74, 6) is -0.286. The summed E-state index contributed by atoms with van der Waals surface area (Å²) in [7, 11) is 3.52. The molecule has 0 aromatic heterocycles. The highest BCUT2D eigenvalue weighted by atomic mass is 16.2. The standard InChI is InChI=1S/C20H27N3O3/c1-4-17(24)22-16-9-7-15(8-10-16)13-18(25)21-14-20(11-5-6-12-20)19(26)23(2)3/h4,7-10H,1,5-6,11-14H2,2-3H3,(H,21,25)(H,22,24). The van der Waals surface area contributed by atoms with Crippen LogP contribution in [0.1, 0.15) is 31.2 Å². The zero-order chi connectivity index (χ0) is 19.2. The summed E-state index contributed by atoms with van der Waals surface area (Å²) in [4.78, 5) is 37.7. The van der Waals surface area contributed by atoms with Gasteiger partial charge in [-0.1, -0.05) is 31.6 Å². The molecule has 140 valence electrons. The van der Waals surface area contributed by atoms with Crippen LogP contribution in [0.4, 0.5) is 5.69 Å². The molecule has 0 unspecified atom stereocenters. The Bertz CT molecular complexity index is 674. The van der Waals surface area contributed by atoms with Crippen LogP contribution in [0.5, 0.6) is 0 Å². The Hall–Kier alpha value is -2.63. The minimum atomic E-state index is -0.460. The van der Waals surface area contributed by atoms with Crippen LogP contribution in [-0.2, 0) is 20.8 Å². The Kier molecular flexibility index (Phi) is 6.55. The summed E-state index contributed by atoms with van der Waals surface area (Å²) in [6.07, 6.45) is 5.13. The number of carbonyl (C=O) groups excluding carboxylic acids is 3. The van der Waals surface area contributed by atoms with Crippen molar-refractivity contribution in [2.75, 3.05) is 26.0 Å². The average Bonchev–Trinajstić information content (AvgIpc) is 3.11. The molecule has 0 radical (unpaired) electrons. The lowest BCUT2D eigenvalue weighted by Crippen LogP contribution is -2.46. The molecule has 1 aliphatic carbocycles. The second kappa shape index (κ2) is 8.65. The van der Waals surface area contributed by atoms with E-state index in [1.807, 2.05) is 0 Å². The van der Waals surface area contributed by atoms with Gasteiger partial charge in [0.1, 0.15) is 0 Å². The first-order valence-corrected chi connectivity index (χ1v) is 8.87. The van der Waals surface area contributed by atoms with Crippen molar-refractivity contribution in [3.8, 4) is 0 Å². The molecule has 0 spiro atoms. The Morgan fingerprint density at radius 3 is 2.31 bits per heavy atom. The molecular weight excluding hydrogens is 330 g/mol. The predicted molar refractivity (Wildman–Crippen MR) is 102 cm³/mol. The number of nitrogens with zero attached hydrogens (tertiary/aromatic N) is 1. The van der Waals surface area contributed by atoms with Gasteiger partial charge in [-0.3, -0.25) is 14.4 Å². The average molecular weight is 357 g/mol. The van der Waals surface area contributed by atoms with E-state index in [-0.39, 0.29) is 24.1 Å². The van der Waals surface area contributed by atoms with Crippen LogP contribution in [-0.4, -0.2) is 43.3 Å². The summed E-state index contributed by atoms with van der Waals surface area (Å²) in [6, 6.07) is 7.10. The van der Waals surface area contributed by atoms with Crippen LogP contribution in [0.25, 0.3) is 0 Å². The van der Waals surface area contributed by atoms with Crippen LogP contribution in [0, 0.1) is 5.41 Å². The van der Waals surface area contributed by atoms with E-state index >= 15 is 0 Å². The van der Waals surface area contributed by atoms with Gasteiger partial charge in [-0.05, 0) is 36.6 Å². The first-order valence-electron chi connectivity index (χ1n) is 8.87. The zero-order valence-corrected chi connectivity index (χ0v) is 15.5. The van der Waals surface area contributed by atoms with E-state index < -0.39 is 5.41 Å². The molecule has 2 rings (SSSR count). The first-order chi connectivity index (χ1) is 12.4. The molecule has 0 bridgehead atoms. The Morgan fingerprint density at radius 2 is 1.77 bits per heavy atom. The molecule has 0 heterocycles. The van der Waals surface area contributed by atoms with Gasteiger partial charge in [0, 0.05) is 26.3 Å². The quantitative estimate of drug-likeness (QED) is 0.734. The predicted octanol–water partition coefficient (Wildman–Crippen LogP) is 2.12. The lowest BCUT2D eigenvalue weighted by Gasteiger charge is -2.30. The van der Waals surface area contributed by atoms with Gasteiger partial charge in [0.05, 0.1) is 11.8 Å². The maximum Gasteiger partial charge on any atom is 0.247 e. The van der Waals surface area contributed by atoms with Crippen molar-refractivity contribution >= 4 is 23.4 Å². The summed E-state index contributed by atoms with van der Waals surface area (Å²) in [6.45, 7) is 3.79. The van der Waals surface area contributed by atoms with Gasteiger partial charge in [-0.15, -0.1) is 0 Å². The highest BCUT2D eigenvalue weighted by molar-refractivity contribution is 5.98. The molecule has 1 aliphatic rings. The van der Waals surface area contributed by atoms with Gasteiger partial charge in [-0.25, -0.2) is 0 Å². The van der Waals surface area contributed by atoms with Crippen molar-refractivity contribution in [2.45, 2.75) is 32.1 Å². The smallest absolute Gasteiger partial charge is 0.247 e. The molecule has 1 aromatic rings. The Morgan fingerprint density at radius 1 is 1.15 bits per heavy atom.